The summed E-state index contributed by atoms with van der Waals surface area (Å²) < 4.78 is 0. The van der Waals surface area contributed by atoms with Crippen LogP contribution < -0.4 is 0 Å². The van der Waals surface area contributed by atoms with E-state index in [0.29, 0.717) is 23.7 Å². The quantitative estimate of drug-likeness (QED) is 0.751. The maximum atomic E-state index is 12.2. The molecule has 0 bridgehead atoms. The lowest BCUT2D eigenvalue weighted by Gasteiger charge is -2.20. The zero-order chi connectivity index (χ0) is 12.8. The average Bonchev–Trinajstić information content (AvgIpc) is 2.31. The van der Waals surface area contributed by atoms with Crippen LogP contribution in [0.5, 0.6) is 0 Å². The molecule has 17 heavy (non-hydrogen) atoms. The Morgan fingerprint density at radius 2 is 2.24 bits per heavy atom. The van der Waals surface area contributed by atoms with Crippen molar-refractivity contribution in [3.05, 3.63) is 34.3 Å². The molecule has 0 spiro atoms. The molecule has 0 fully saturated rings. The third-order valence-electron chi connectivity index (χ3n) is 2.49. The fourth-order valence-electron chi connectivity index (χ4n) is 1.62. The van der Waals surface area contributed by atoms with Crippen LogP contribution in [0.4, 0.5) is 0 Å². The van der Waals surface area contributed by atoms with Gasteiger partial charge >= 0.3 is 0 Å². The number of carbonyl (C=O) groups excluding carboxylic acids is 1. The Labute approximate surface area is 108 Å². The molecule has 1 amide bonds. The molecule has 2 nitrogen and oxygen atoms in total. The molecule has 0 heterocycles. The molecule has 0 aliphatic rings. The number of hydrogen-bond donors (Lipinski definition) is 0. The van der Waals surface area contributed by atoms with E-state index in [1.165, 1.54) is 0 Å². The van der Waals surface area contributed by atoms with Crippen LogP contribution in [0.15, 0.2) is 18.2 Å². The Balaban J connectivity index is 3.01. The second-order valence-electron chi connectivity index (χ2n) is 3.87. The minimum absolute atomic E-state index is 0.0986. The largest absolute Gasteiger partial charge is 0.327 e. The minimum atomic E-state index is -0.0986. The Kier molecular flexibility index (Phi) is 5.06. The lowest BCUT2D eigenvalue weighted by Crippen LogP contribution is -2.32. The van der Waals surface area contributed by atoms with Crippen molar-refractivity contribution in [2.75, 3.05) is 13.1 Å². The number of benzene rings is 1. The van der Waals surface area contributed by atoms with Crippen LogP contribution in [0.1, 0.15) is 29.3 Å². The Morgan fingerprint density at radius 1 is 1.53 bits per heavy atom. The smallest absolute Gasteiger partial charge is 0.256 e. The van der Waals surface area contributed by atoms with Gasteiger partial charge in [-0.05, 0) is 25.0 Å². The summed E-state index contributed by atoms with van der Waals surface area (Å²) in [7, 11) is 0. The number of amides is 1. The molecular formula is C14H16ClNO. The maximum absolute atomic E-state index is 12.2. The van der Waals surface area contributed by atoms with Crippen molar-refractivity contribution >= 4 is 17.5 Å². The van der Waals surface area contributed by atoms with Crippen molar-refractivity contribution in [3.8, 4) is 12.3 Å². The molecule has 0 radical (unpaired) electrons. The van der Waals surface area contributed by atoms with Crippen LogP contribution in [0.3, 0.4) is 0 Å². The van der Waals surface area contributed by atoms with Gasteiger partial charge in [0.2, 0.25) is 0 Å². The Hall–Kier alpha value is -1.46. The van der Waals surface area contributed by atoms with Crippen molar-refractivity contribution < 1.29 is 4.79 Å². The summed E-state index contributed by atoms with van der Waals surface area (Å²) in [6.07, 6.45) is 6.14. The second kappa shape index (κ2) is 6.32. The third-order valence-corrected chi connectivity index (χ3v) is 2.99. The van der Waals surface area contributed by atoms with Gasteiger partial charge in [0, 0.05) is 6.54 Å². The summed E-state index contributed by atoms with van der Waals surface area (Å²) in [5.74, 6) is 2.40. The molecule has 0 saturated carbocycles. The van der Waals surface area contributed by atoms with Crippen molar-refractivity contribution in [2.45, 2.75) is 20.3 Å². The minimum Gasteiger partial charge on any atom is -0.327 e. The van der Waals surface area contributed by atoms with Crippen LogP contribution in [-0.2, 0) is 0 Å². The van der Waals surface area contributed by atoms with Gasteiger partial charge in [-0.25, -0.2) is 0 Å². The number of hydrogen-bond acceptors (Lipinski definition) is 1. The normalized spacial score (nSPS) is 9.76. The second-order valence-corrected chi connectivity index (χ2v) is 4.25. The van der Waals surface area contributed by atoms with Crippen LogP contribution >= 0.6 is 11.6 Å². The van der Waals surface area contributed by atoms with E-state index in [-0.39, 0.29) is 5.91 Å². The van der Waals surface area contributed by atoms with E-state index in [1.807, 2.05) is 26.0 Å². The predicted octanol–water partition coefficient (Wildman–Crippen LogP) is 3.13. The van der Waals surface area contributed by atoms with Gasteiger partial charge in [0.05, 0.1) is 17.1 Å². The first-order valence-corrected chi connectivity index (χ1v) is 5.97. The topological polar surface area (TPSA) is 20.3 Å². The third kappa shape index (κ3) is 3.25. The van der Waals surface area contributed by atoms with Gasteiger partial charge in [0.15, 0.2) is 0 Å². The highest BCUT2D eigenvalue weighted by Gasteiger charge is 2.17. The zero-order valence-electron chi connectivity index (χ0n) is 10.2. The van der Waals surface area contributed by atoms with Crippen LogP contribution in [0, 0.1) is 19.3 Å². The first-order valence-electron chi connectivity index (χ1n) is 5.59. The van der Waals surface area contributed by atoms with Gasteiger partial charge in [0.1, 0.15) is 0 Å². The predicted molar refractivity (Wildman–Crippen MR) is 71.2 cm³/mol. The number of terminal acetylenes is 1. The maximum Gasteiger partial charge on any atom is 0.256 e. The summed E-state index contributed by atoms with van der Waals surface area (Å²) in [6.45, 7) is 4.85. The van der Waals surface area contributed by atoms with E-state index in [2.05, 4.69) is 5.92 Å². The van der Waals surface area contributed by atoms with Crippen molar-refractivity contribution in [3.63, 3.8) is 0 Å². The SMILES string of the molecule is C#CCN(CCC)C(=O)c1cccc(C)c1Cl. The van der Waals surface area contributed by atoms with Gasteiger partial charge in [0.25, 0.3) is 5.91 Å². The van der Waals surface area contributed by atoms with E-state index < -0.39 is 0 Å². The van der Waals surface area contributed by atoms with Gasteiger partial charge in [-0.2, -0.15) is 0 Å². The molecule has 1 rings (SSSR count). The molecule has 0 aliphatic carbocycles. The highest BCUT2D eigenvalue weighted by atomic mass is 35.5. The molecule has 0 N–H and O–H groups in total. The molecular weight excluding hydrogens is 234 g/mol. The molecule has 3 heteroatoms. The summed E-state index contributed by atoms with van der Waals surface area (Å²) in [5.41, 5.74) is 1.42. The van der Waals surface area contributed by atoms with E-state index in [0.717, 1.165) is 12.0 Å². The number of nitrogens with zero attached hydrogens (tertiary/aromatic N) is 1. The fourth-order valence-corrected chi connectivity index (χ4v) is 1.82. The highest BCUT2D eigenvalue weighted by molar-refractivity contribution is 6.34. The molecule has 0 aromatic heterocycles. The molecule has 1 aromatic rings. The summed E-state index contributed by atoms with van der Waals surface area (Å²) in [5, 5.41) is 0.510. The van der Waals surface area contributed by atoms with E-state index in [9.17, 15) is 4.79 Å². The molecule has 0 aliphatic heterocycles. The summed E-state index contributed by atoms with van der Waals surface area (Å²) in [6, 6.07) is 5.44. The first kappa shape index (κ1) is 13.6. The van der Waals surface area contributed by atoms with Gasteiger partial charge < -0.3 is 4.90 Å². The molecule has 0 saturated heterocycles. The number of halogens is 1. The highest BCUT2D eigenvalue weighted by Crippen LogP contribution is 2.21. The van der Waals surface area contributed by atoms with Gasteiger partial charge in [-0.1, -0.05) is 36.6 Å². The number of rotatable bonds is 4. The van der Waals surface area contributed by atoms with Crippen molar-refractivity contribution in [1.82, 2.24) is 4.90 Å². The van der Waals surface area contributed by atoms with Crippen LogP contribution in [0.25, 0.3) is 0 Å². The number of carbonyl (C=O) groups is 1. The standard InChI is InChI=1S/C14H16ClNO/c1-4-9-16(10-5-2)14(17)12-8-6-7-11(3)13(12)15/h1,6-8H,5,9-10H2,2-3H3. The van der Waals surface area contributed by atoms with Crippen LogP contribution in [0.2, 0.25) is 5.02 Å². The molecule has 0 unspecified atom stereocenters. The zero-order valence-corrected chi connectivity index (χ0v) is 10.9. The van der Waals surface area contributed by atoms with Crippen LogP contribution in [-0.4, -0.2) is 23.9 Å². The average molecular weight is 250 g/mol. The summed E-state index contributed by atoms with van der Waals surface area (Å²) >= 11 is 6.13. The summed E-state index contributed by atoms with van der Waals surface area (Å²) in [4.78, 5) is 13.9. The lowest BCUT2D eigenvalue weighted by atomic mass is 10.1. The first-order chi connectivity index (χ1) is 8.11. The van der Waals surface area contributed by atoms with Gasteiger partial charge in [-0.3, -0.25) is 4.79 Å². The van der Waals surface area contributed by atoms with Crippen molar-refractivity contribution in [2.24, 2.45) is 0 Å². The number of aryl methyl sites for hydroxylation is 1. The fraction of sp³-hybridized carbons (Fsp3) is 0.357. The molecule has 0 atom stereocenters. The van der Waals surface area contributed by atoms with Crippen molar-refractivity contribution in [1.29, 1.82) is 0 Å². The van der Waals surface area contributed by atoms with E-state index >= 15 is 0 Å². The Bertz CT molecular complexity index is 448. The lowest BCUT2D eigenvalue weighted by molar-refractivity contribution is 0.0777. The monoisotopic (exact) mass is 249 g/mol. The molecule has 90 valence electrons. The molecule has 1 aromatic carbocycles. The van der Waals surface area contributed by atoms with E-state index in [4.69, 9.17) is 18.0 Å². The van der Waals surface area contributed by atoms with Gasteiger partial charge in [-0.15, -0.1) is 6.42 Å². The van der Waals surface area contributed by atoms with E-state index in [1.54, 1.807) is 11.0 Å². The Morgan fingerprint density at radius 3 is 2.82 bits per heavy atom.